The predicted octanol–water partition coefficient (Wildman–Crippen LogP) is 2.68. The second-order valence-corrected chi connectivity index (χ2v) is 5.52. The zero-order chi connectivity index (χ0) is 13.4. The van der Waals surface area contributed by atoms with E-state index in [1.165, 1.54) is 0 Å². The molecule has 1 aliphatic rings. The third-order valence-electron chi connectivity index (χ3n) is 3.77. The van der Waals surface area contributed by atoms with E-state index in [2.05, 4.69) is 30.7 Å². The fourth-order valence-corrected chi connectivity index (χ4v) is 2.36. The van der Waals surface area contributed by atoms with Gasteiger partial charge in [-0.05, 0) is 44.2 Å². The highest BCUT2D eigenvalue weighted by Gasteiger charge is 2.27. The molecule has 3 nitrogen and oxygen atoms in total. The van der Waals surface area contributed by atoms with Gasteiger partial charge in [0.05, 0.1) is 0 Å². The number of piperidine rings is 1. The summed E-state index contributed by atoms with van der Waals surface area (Å²) in [6.45, 7) is 12.5. The first-order valence-corrected chi connectivity index (χ1v) is 6.81. The Morgan fingerprint density at radius 3 is 2.32 bits per heavy atom. The minimum atomic E-state index is -0.00897. The summed E-state index contributed by atoms with van der Waals surface area (Å²) in [5, 5.41) is 6.45. The molecule has 0 saturated carbocycles. The lowest BCUT2D eigenvalue weighted by Crippen LogP contribution is -2.44. The average Bonchev–Trinajstić information content (AvgIpc) is 2.37. The van der Waals surface area contributed by atoms with Crippen molar-refractivity contribution in [2.24, 2.45) is 11.3 Å². The Kier molecular flexibility index (Phi) is 8.77. The van der Waals surface area contributed by atoms with Crippen molar-refractivity contribution in [1.82, 2.24) is 10.6 Å². The zero-order valence-electron chi connectivity index (χ0n) is 11.9. The lowest BCUT2D eigenvalue weighted by atomic mass is 9.81. The molecule has 0 aliphatic carbocycles. The maximum absolute atomic E-state index is 12.1. The van der Waals surface area contributed by atoms with Crippen LogP contribution in [0.15, 0.2) is 25.3 Å². The molecule has 0 aromatic rings. The lowest BCUT2D eigenvalue weighted by Gasteiger charge is -2.34. The van der Waals surface area contributed by atoms with E-state index in [9.17, 15) is 4.79 Å². The van der Waals surface area contributed by atoms with Gasteiger partial charge in [0.2, 0.25) is 5.91 Å². The molecular formula is C15H27ClN2O. The van der Waals surface area contributed by atoms with Crippen LogP contribution in [-0.4, -0.2) is 25.5 Å². The molecule has 0 radical (unpaired) electrons. The van der Waals surface area contributed by atoms with E-state index in [1.807, 2.05) is 0 Å². The number of rotatable bonds is 7. The molecule has 0 aromatic carbocycles. The number of hydrogen-bond acceptors (Lipinski definition) is 2. The van der Waals surface area contributed by atoms with Crippen molar-refractivity contribution in [1.29, 1.82) is 0 Å². The van der Waals surface area contributed by atoms with Crippen LogP contribution in [0.1, 0.15) is 32.6 Å². The molecule has 19 heavy (non-hydrogen) atoms. The van der Waals surface area contributed by atoms with Gasteiger partial charge in [-0.2, -0.15) is 0 Å². The topological polar surface area (TPSA) is 41.1 Å². The van der Waals surface area contributed by atoms with Crippen LogP contribution in [-0.2, 0) is 4.79 Å². The Labute approximate surface area is 123 Å². The van der Waals surface area contributed by atoms with Crippen LogP contribution in [0.4, 0.5) is 0 Å². The highest BCUT2D eigenvalue weighted by molar-refractivity contribution is 5.85. The first-order valence-electron chi connectivity index (χ1n) is 6.81. The summed E-state index contributed by atoms with van der Waals surface area (Å²) in [6, 6.07) is 0. The zero-order valence-corrected chi connectivity index (χ0v) is 12.7. The summed E-state index contributed by atoms with van der Waals surface area (Å²) < 4.78 is 0. The summed E-state index contributed by atoms with van der Waals surface area (Å²) in [5.41, 5.74) is 0.244. The van der Waals surface area contributed by atoms with Crippen molar-refractivity contribution in [3.05, 3.63) is 25.3 Å². The second kappa shape index (κ2) is 9.16. The fourth-order valence-electron chi connectivity index (χ4n) is 2.36. The van der Waals surface area contributed by atoms with Crippen LogP contribution in [0.5, 0.6) is 0 Å². The maximum Gasteiger partial charge on any atom is 0.223 e. The molecule has 4 heteroatoms. The Hall–Kier alpha value is -0.800. The Morgan fingerprint density at radius 2 is 1.84 bits per heavy atom. The summed E-state index contributed by atoms with van der Waals surface area (Å²) in [4.78, 5) is 12.1. The molecule has 0 bridgehead atoms. The van der Waals surface area contributed by atoms with Crippen molar-refractivity contribution in [3.63, 3.8) is 0 Å². The largest absolute Gasteiger partial charge is 0.355 e. The predicted molar refractivity (Wildman–Crippen MR) is 83.6 cm³/mol. The van der Waals surface area contributed by atoms with Crippen LogP contribution in [0, 0.1) is 11.3 Å². The number of carbonyl (C=O) groups excluding carboxylic acids is 1. The fraction of sp³-hybridized carbons (Fsp3) is 0.667. The van der Waals surface area contributed by atoms with Gasteiger partial charge in [0.25, 0.3) is 0 Å². The van der Waals surface area contributed by atoms with Crippen LogP contribution in [0.3, 0.4) is 0 Å². The van der Waals surface area contributed by atoms with Gasteiger partial charge >= 0.3 is 0 Å². The van der Waals surface area contributed by atoms with Crippen molar-refractivity contribution >= 4 is 18.3 Å². The van der Waals surface area contributed by atoms with E-state index in [-0.39, 0.29) is 29.6 Å². The highest BCUT2D eigenvalue weighted by atomic mass is 35.5. The quantitative estimate of drug-likeness (QED) is 0.707. The van der Waals surface area contributed by atoms with Crippen molar-refractivity contribution in [3.8, 4) is 0 Å². The van der Waals surface area contributed by atoms with Gasteiger partial charge < -0.3 is 10.6 Å². The monoisotopic (exact) mass is 286 g/mol. The summed E-state index contributed by atoms with van der Waals surface area (Å²) in [7, 11) is 0. The molecule has 0 unspecified atom stereocenters. The van der Waals surface area contributed by atoms with Crippen LogP contribution in [0.2, 0.25) is 0 Å². The van der Waals surface area contributed by atoms with E-state index in [1.54, 1.807) is 12.2 Å². The number of hydrogen-bond donors (Lipinski definition) is 2. The molecule has 0 aromatic heterocycles. The summed E-state index contributed by atoms with van der Waals surface area (Å²) >= 11 is 0. The van der Waals surface area contributed by atoms with E-state index < -0.39 is 0 Å². The van der Waals surface area contributed by atoms with E-state index in [0.717, 1.165) is 45.3 Å². The third-order valence-corrected chi connectivity index (χ3v) is 3.77. The number of carbonyl (C=O) groups is 1. The maximum atomic E-state index is 12.1. The Morgan fingerprint density at radius 1 is 1.32 bits per heavy atom. The van der Waals surface area contributed by atoms with Gasteiger partial charge in [-0.25, -0.2) is 0 Å². The first kappa shape index (κ1) is 18.2. The molecule has 110 valence electrons. The van der Waals surface area contributed by atoms with E-state index in [0.29, 0.717) is 0 Å². The molecule has 1 amide bonds. The van der Waals surface area contributed by atoms with Gasteiger partial charge in [0, 0.05) is 12.5 Å². The molecule has 1 aliphatic heterocycles. The third kappa shape index (κ3) is 6.26. The number of halogens is 1. The van der Waals surface area contributed by atoms with Crippen molar-refractivity contribution in [2.45, 2.75) is 32.6 Å². The molecule has 1 rings (SSSR count). The van der Waals surface area contributed by atoms with E-state index in [4.69, 9.17) is 0 Å². The molecule has 1 fully saturated rings. The number of nitrogens with one attached hydrogen (secondary N) is 2. The minimum absolute atomic E-state index is 0. The number of allylic oxidation sites excluding steroid dienone is 2. The van der Waals surface area contributed by atoms with Gasteiger partial charge in [-0.15, -0.1) is 25.6 Å². The Balaban J connectivity index is 0.00000324. The second-order valence-electron chi connectivity index (χ2n) is 5.52. The minimum Gasteiger partial charge on any atom is -0.355 e. The average molecular weight is 287 g/mol. The molecule has 0 spiro atoms. The molecular weight excluding hydrogens is 260 g/mol. The van der Waals surface area contributed by atoms with Gasteiger partial charge in [-0.3, -0.25) is 4.79 Å². The first-order chi connectivity index (χ1) is 8.61. The number of amides is 1. The normalized spacial score (nSPS) is 17.4. The van der Waals surface area contributed by atoms with E-state index >= 15 is 0 Å². The summed E-state index contributed by atoms with van der Waals surface area (Å²) in [6.07, 6.45) is 7.30. The van der Waals surface area contributed by atoms with Crippen molar-refractivity contribution < 1.29 is 4.79 Å². The standard InChI is InChI=1S/C15H26N2O.ClH/c1-4-6-13(7-5-2)14(18)17-12-15(3)8-10-16-11-9-15;/h4-5,13,16H,1-2,6-12H2,3H3,(H,17,18);1H. The SMILES string of the molecule is C=CCC(CC=C)C(=O)NCC1(C)CCNCC1.Cl. The molecule has 1 heterocycles. The lowest BCUT2D eigenvalue weighted by molar-refractivity contribution is -0.125. The van der Waals surface area contributed by atoms with Crippen LogP contribution in [0.25, 0.3) is 0 Å². The Bertz CT molecular complexity index is 289. The molecule has 0 atom stereocenters. The summed E-state index contributed by atoms with van der Waals surface area (Å²) in [5.74, 6) is 0.125. The molecule has 1 saturated heterocycles. The smallest absolute Gasteiger partial charge is 0.223 e. The van der Waals surface area contributed by atoms with Gasteiger partial charge in [-0.1, -0.05) is 19.1 Å². The molecule has 2 N–H and O–H groups in total. The van der Waals surface area contributed by atoms with Crippen LogP contribution < -0.4 is 10.6 Å². The van der Waals surface area contributed by atoms with Gasteiger partial charge in [0.1, 0.15) is 0 Å². The van der Waals surface area contributed by atoms with Crippen LogP contribution >= 0.6 is 12.4 Å². The highest BCUT2D eigenvalue weighted by Crippen LogP contribution is 2.26. The van der Waals surface area contributed by atoms with Gasteiger partial charge in [0.15, 0.2) is 0 Å². The van der Waals surface area contributed by atoms with Crippen molar-refractivity contribution in [2.75, 3.05) is 19.6 Å².